The van der Waals surface area contributed by atoms with Crippen LogP contribution in [-0.4, -0.2) is 210 Å². The first kappa shape index (κ1) is 105. The molecule has 0 bridgehead atoms. The second kappa shape index (κ2) is 102. The van der Waals surface area contributed by atoms with Gasteiger partial charge in [-0.15, -0.1) is 63.5 Å². The number of nitrogens with one attached hydrogen (secondary N) is 6. The van der Waals surface area contributed by atoms with E-state index in [1.54, 1.807) is 218 Å². The molecule has 49 nitrogen and oxygen atoms in total. The van der Waals surface area contributed by atoms with Crippen LogP contribution in [0.3, 0.4) is 0 Å². The summed E-state index contributed by atoms with van der Waals surface area (Å²) in [5.74, 6) is 0. The van der Waals surface area contributed by atoms with E-state index in [0.717, 1.165) is 0 Å². The van der Waals surface area contributed by atoms with Gasteiger partial charge in [0.1, 0.15) is 60.6 Å². The van der Waals surface area contributed by atoms with E-state index >= 15 is 0 Å². The summed E-state index contributed by atoms with van der Waals surface area (Å²) in [6, 6.07) is 28.2. The summed E-state index contributed by atoms with van der Waals surface area (Å²) >= 11 is 10.2. The molecule has 0 amide bonds. The van der Waals surface area contributed by atoms with Crippen LogP contribution >= 0.6 is 80.3 Å². The number of thiophene rings is 1. The van der Waals surface area contributed by atoms with Crippen LogP contribution in [0.1, 0.15) is 0 Å². The SMILES string of the molecule is c1c[nH]cn1.c1cc[nH]c1.c1ccncc1.c1ccnnc1.c1ccoc1.c1ccsc1.c1cn[nH]c1.c1cn[nH]n1.c1cnccn1.c1cncnc1.c1cnoc1.c1cnon1.c1cnsc1.c1cnsn1.c1cocn1.c1conn1.c1cscn1.c1csnn1.c1nc[nH]n1.c1ncon1.c1ncsn1.c1nn[nH]n1.c1nnco1.c1nncs1. The summed E-state index contributed by atoms with van der Waals surface area (Å²) in [6.07, 6.45) is 69.7. The molecule has 24 aromatic rings. The van der Waals surface area contributed by atoms with Gasteiger partial charge >= 0.3 is 0 Å². The highest BCUT2D eigenvalue weighted by Gasteiger charge is 1.71. The van der Waals surface area contributed by atoms with Crippen molar-refractivity contribution < 1.29 is 31.4 Å². The summed E-state index contributed by atoms with van der Waals surface area (Å²) in [7, 11) is 0. The van der Waals surface area contributed by atoms with Gasteiger partial charge in [-0.3, -0.25) is 30.1 Å². The molecular weight excluding hydrogens is 1740 g/mol. The van der Waals surface area contributed by atoms with E-state index in [2.05, 4.69) is 241 Å². The van der Waals surface area contributed by atoms with Crippen LogP contribution < -0.4 is 0 Å². The fourth-order valence-corrected chi connectivity index (χ4v) is 6.73. The number of furan rings is 1. The molecule has 0 spiro atoms. The molecule has 0 saturated heterocycles. The van der Waals surface area contributed by atoms with Gasteiger partial charge in [0.15, 0.2) is 19.0 Å². The van der Waals surface area contributed by atoms with E-state index in [-0.39, 0.29) is 0 Å². The highest BCUT2D eigenvalue weighted by atomic mass is 32.1. The molecule has 0 radical (unpaired) electrons. The van der Waals surface area contributed by atoms with Crippen LogP contribution in [0.25, 0.3) is 0 Å². The Balaban J connectivity index is 0.000000647. The smallest absolute Gasteiger partial charge is 0.213 e. The lowest BCUT2D eigenvalue weighted by molar-refractivity contribution is 0.307. The molecule has 0 aliphatic heterocycles. The van der Waals surface area contributed by atoms with Crippen molar-refractivity contribution in [2.24, 2.45) is 0 Å². The summed E-state index contributed by atoms with van der Waals surface area (Å²) in [4.78, 5) is 45.8. The third-order valence-electron chi connectivity index (χ3n) is 8.75. The third-order valence-corrected chi connectivity index (χ3v) is 12.1. The van der Waals surface area contributed by atoms with Crippen molar-refractivity contribution in [3.63, 3.8) is 0 Å². The highest BCUT2D eigenvalue weighted by molar-refractivity contribution is 7.08. The number of aromatic amines is 6. The van der Waals surface area contributed by atoms with E-state index in [1.807, 2.05) is 118 Å². The minimum Gasteiger partial charge on any atom is -0.473 e. The summed E-state index contributed by atoms with van der Waals surface area (Å²) in [5.41, 5.74) is 6.83. The quantitative estimate of drug-likeness (QED) is 0.0821. The lowest BCUT2D eigenvalue weighted by atomic mass is 10.5. The predicted molar refractivity (Wildman–Crippen MR) is 452 cm³/mol. The zero-order chi connectivity index (χ0) is 87.7. The Hall–Kier alpha value is -17.1. The van der Waals surface area contributed by atoms with Gasteiger partial charge in [0.25, 0.3) is 0 Å². The van der Waals surface area contributed by atoms with Crippen molar-refractivity contribution in [3.8, 4) is 0 Å². The topological polar surface area (TPSA) is 651 Å². The van der Waals surface area contributed by atoms with Crippen LogP contribution in [0.15, 0.2) is 446 Å². The predicted octanol–water partition coefficient (Wildman–Crippen LogP) is 12.2. The number of thiazole rings is 1. The average molecular weight is 1820 g/mol. The monoisotopic (exact) mass is 1810 g/mol. The molecule has 124 heavy (non-hydrogen) atoms. The molecular formula is C68H74N42O7S7. The largest absolute Gasteiger partial charge is 0.473 e. The number of pyridine rings is 1. The molecule has 0 saturated carbocycles. The zero-order valence-corrected chi connectivity index (χ0v) is 69.8. The molecule has 0 fully saturated rings. The molecule has 24 rings (SSSR count). The first-order valence-electron chi connectivity index (χ1n) is 33.0. The van der Waals surface area contributed by atoms with E-state index in [9.17, 15) is 0 Å². The van der Waals surface area contributed by atoms with Gasteiger partial charge < -0.3 is 36.8 Å². The molecule has 24 aromatic heterocycles. The highest BCUT2D eigenvalue weighted by Crippen LogP contribution is 1.92. The lowest BCUT2D eigenvalue weighted by Gasteiger charge is -1.70. The molecule has 0 aromatic carbocycles. The van der Waals surface area contributed by atoms with Crippen molar-refractivity contribution >= 4 is 80.3 Å². The van der Waals surface area contributed by atoms with Gasteiger partial charge in [-0.2, -0.15) is 65.5 Å². The Bertz CT molecular complexity index is 3320. The first-order valence-corrected chi connectivity index (χ1v) is 39.1. The second-order valence-corrected chi connectivity index (χ2v) is 21.8. The van der Waals surface area contributed by atoms with Crippen LogP contribution in [0.2, 0.25) is 0 Å². The number of rotatable bonds is 0. The maximum atomic E-state index is 4.58. The number of tetrazole rings is 1. The van der Waals surface area contributed by atoms with Crippen molar-refractivity contribution in [2.45, 2.75) is 0 Å². The second-order valence-electron chi connectivity index (χ2n) is 17.0. The third kappa shape index (κ3) is 99.1. The van der Waals surface area contributed by atoms with E-state index in [4.69, 9.17) is 0 Å². The van der Waals surface area contributed by atoms with E-state index in [1.165, 1.54) is 159 Å². The van der Waals surface area contributed by atoms with Crippen LogP contribution in [0.5, 0.6) is 0 Å². The Morgan fingerprint density at radius 2 is 1.01 bits per heavy atom. The molecule has 0 atom stereocenters. The molecule has 56 heteroatoms. The molecule has 640 valence electrons. The molecule has 24 heterocycles. The number of nitrogens with zero attached hydrogens (tertiary/aromatic N) is 36. The van der Waals surface area contributed by atoms with E-state index in [0.29, 0.717) is 0 Å². The van der Waals surface area contributed by atoms with Gasteiger partial charge in [0.05, 0.1) is 98.1 Å². The maximum Gasteiger partial charge on any atom is 0.213 e. The minimum absolute atomic E-state index is 1.21. The number of hydrogen-bond donors (Lipinski definition) is 6. The normalized spacial score (nSPS) is 8.00. The summed E-state index contributed by atoms with van der Waals surface area (Å²) < 4.78 is 48.5. The Morgan fingerprint density at radius 3 is 1.20 bits per heavy atom. The summed E-state index contributed by atoms with van der Waals surface area (Å²) in [6.45, 7) is 0. The number of imidazole rings is 1. The van der Waals surface area contributed by atoms with E-state index < -0.39 is 0 Å². The maximum absolute atomic E-state index is 4.58. The standard InChI is InChI=1S/C5H5N.3C4H4N2.C4H5N.C4H4O.C4H4S.2C3H4N2.2C3H3NO.2C3H3NS.2C2H3N3.4C2H2N2O.4C2H2N2S.CH2N4/c1-2-4-6-5-3-1;1-2-6-4-3-5-1;1-2-5-4-6-3-1;1-2-4-6-5-3-1;3*1-2-4-5-3-1;1-2-5-3-4-1;1-2-4-5-3-1;1-2-5-3-4-1;1-2-4-5-3-1;1-2-5-3-4-1;1-2-4-5-3-1;1-3-2-5-4-1;1-2-4-5-3-1;1-3-4-2-5-1;1-3-2-5-4-1;1-2-5-4-3-1;1-2-4-5-3-1;1-3-4-2-5-1;1-3-2-5-4-1;1-2-5-4-3-1;2*1-2-4-5-3-1/h1-5H;3*1-4H;1-5H;2*1-4H;2*1-3H,(H,4,5);4*1-3H;2*1-2H,(H,3,4,5);8*1-2H;1H,(H,2,3,4,5). The van der Waals surface area contributed by atoms with Crippen molar-refractivity contribution in [2.75, 3.05) is 0 Å². The Kier molecular flexibility index (Phi) is 86.3. The number of oxazole rings is 1. The van der Waals surface area contributed by atoms with Crippen LogP contribution in [0.4, 0.5) is 0 Å². The number of H-pyrrole nitrogens is 6. The van der Waals surface area contributed by atoms with Crippen molar-refractivity contribution in [1.82, 2.24) is 210 Å². The Morgan fingerprint density at radius 1 is 0.250 bits per heavy atom. The first-order chi connectivity index (χ1) is 62.0. The van der Waals surface area contributed by atoms with Gasteiger partial charge in [-0.25, -0.2) is 43.9 Å². The van der Waals surface area contributed by atoms with Gasteiger partial charge in [0, 0.05) is 133 Å². The van der Waals surface area contributed by atoms with Crippen molar-refractivity contribution in [3.05, 3.63) is 415 Å². The molecule has 0 aliphatic rings. The van der Waals surface area contributed by atoms with Gasteiger partial charge in [-0.05, 0) is 118 Å². The van der Waals surface area contributed by atoms with Gasteiger partial charge in [-0.1, -0.05) is 48.5 Å². The molecule has 0 unspecified atom stereocenters. The van der Waals surface area contributed by atoms with Crippen LogP contribution in [-0.2, 0) is 0 Å². The number of hydrogen-bond acceptors (Lipinski definition) is 50. The van der Waals surface area contributed by atoms with Crippen molar-refractivity contribution in [1.29, 1.82) is 0 Å². The Labute approximate surface area is 731 Å². The fourth-order valence-electron chi connectivity index (χ4n) is 4.49. The zero-order valence-electron chi connectivity index (χ0n) is 64.1. The fraction of sp³-hybridized carbons (Fsp3) is 0. The lowest BCUT2D eigenvalue weighted by Crippen LogP contribution is -1.69. The minimum atomic E-state index is 1.21. The average Bonchev–Trinajstić information content (AvgIpc) is 2.22. The molecule has 0 aliphatic carbocycles. The summed E-state index contributed by atoms with van der Waals surface area (Å²) in [5, 5.41) is 87.1. The molecule has 6 N–H and O–H groups in total. The van der Waals surface area contributed by atoms with Gasteiger partial charge in [0.2, 0.25) is 19.2 Å². The van der Waals surface area contributed by atoms with Crippen LogP contribution in [0, 0.1) is 0 Å². The number of aromatic nitrogens is 42.